The molecule has 0 aromatic rings. The monoisotopic (exact) mass is 1110 g/mol. The Labute approximate surface area is 488 Å². The van der Waals surface area contributed by atoms with Crippen LogP contribution in [0.3, 0.4) is 0 Å². The number of nitrogens with zero attached hydrogens (tertiary/aromatic N) is 1. The van der Waals surface area contributed by atoms with E-state index < -0.39 is 24.3 Å². The number of allylic oxidation sites excluding steroid dienone is 28. The number of likely N-dealkylation sites (N-methyl/N-ethyl adjacent to an activating group) is 1. The molecular formula is C71H112NO8+. The number of esters is 2. The quantitative estimate of drug-likeness (QED) is 0.0211. The van der Waals surface area contributed by atoms with Crippen LogP contribution in [0.4, 0.5) is 0 Å². The van der Waals surface area contributed by atoms with E-state index in [1.54, 1.807) is 0 Å². The van der Waals surface area contributed by atoms with E-state index in [1.165, 1.54) is 32.1 Å². The molecule has 0 radical (unpaired) electrons. The Balaban J connectivity index is 4.33. The first-order valence-corrected chi connectivity index (χ1v) is 30.8. The van der Waals surface area contributed by atoms with Gasteiger partial charge in [0, 0.05) is 12.8 Å². The molecule has 0 fully saturated rings. The van der Waals surface area contributed by atoms with Gasteiger partial charge in [-0.3, -0.25) is 9.59 Å². The summed E-state index contributed by atoms with van der Waals surface area (Å²) < 4.78 is 22.8. The van der Waals surface area contributed by atoms with Crippen LogP contribution < -0.4 is 0 Å². The summed E-state index contributed by atoms with van der Waals surface area (Å²) in [5.41, 5.74) is 0. The van der Waals surface area contributed by atoms with Crippen molar-refractivity contribution < 1.29 is 42.9 Å². The van der Waals surface area contributed by atoms with Crippen LogP contribution in [0.2, 0.25) is 0 Å². The van der Waals surface area contributed by atoms with Gasteiger partial charge in [-0.2, -0.15) is 0 Å². The van der Waals surface area contributed by atoms with Crippen LogP contribution in [0, 0.1) is 0 Å². The van der Waals surface area contributed by atoms with Crippen molar-refractivity contribution in [1.82, 2.24) is 0 Å². The highest BCUT2D eigenvalue weighted by molar-refractivity contribution is 5.71. The molecule has 9 nitrogen and oxygen atoms in total. The van der Waals surface area contributed by atoms with Gasteiger partial charge in [0.2, 0.25) is 0 Å². The average molecular weight is 1110 g/mol. The molecule has 0 saturated heterocycles. The third-order valence-corrected chi connectivity index (χ3v) is 12.2. The number of quaternary nitrogens is 1. The van der Waals surface area contributed by atoms with Gasteiger partial charge in [-0.05, 0) is 135 Å². The third kappa shape index (κ3) is 60.3. The normalized spacial score (nSPS) is 14.0. The Morgan fingerprint density at radius 1 is 0.388 bits per heavy atom. The van der Waals surface area contributed by atoms with Crippen molar-refractivity contribution in [2.75, 3.05) is 47.5 Å². The second-order valence-electron chi connectivity index (χ2n) is 20.9. The van der Waals surface area contributed by atoms with Gasteiger partial charge in [0.15, 0.2) is 6.10 Å². The first-order valence-electron chi connectivity index (χ1n) is 30.8. The number of carbonyl (C=O) groups excluding carboxylic acids is 2. The number of ether oxygens (including phenoxy) is 4. The molecule has 448 valence electrons. The summed E-state index contributed by atoms with van der Waals surface area (Å²) in [6.45, 7) is 4.64. The van der Waals surface area contributed by atoms with Gasteiger partial charge in [0.05, 0.1) is 34.4 Å². The van der Waals surface area contributed by atoms with Gasteiger partial charge in [0.1, 0.15) is 13.2 Å². The summed E-state index contributed by atoms with van der Waals surface area (Å²) in [4.78, 5) is 37.4. The molecule has 0 spiro atoms. The van der Waals surface area contributed by atoms with Gasteiger partial charge >= 0.3 is 17.9 Å². The van der Waals surface area contributed by atoms with Gasteiger partial charge in [0.25, 0.3) is 6.29 Å². The summed E-state index contributed by atoms with van der Waals surface area (Å²) in [6, 6.07) is 0. The van der Waals surface area contributed by atoms with Crippen molar-refractivity contribution in [1.29, 1.82) is 0 Å². The smallest absolute Gasteiger partial charge is 0.361 e. The van der Waals surface area contributed by atoms with Crippen molar-refractivity contribution in [3.63, 3.8) is 0 Å². The summed E-state index contributed by atoms with van der Waals surface area (Å²) in [7, 11) is 5.93. The fourth-order valence-corrected chi connectivity index (χ4v) is 7.49. The van der Waals surface area contributed by atoms with Gasteiger partial charge in [-0.25, -0.2) is 4.79 Å². The fraction of sp³-hybridized carbons (Fsp3) is 0.563. The molecule has 0 aromatic carbocycles. The average Bonchev–Trinajstić information content (AvgIpc) is 3.43. The molecule has 0 aliphatic heterocycles. The minimum absolute atomic E-state index is 0.167. The lowest BCUT2D eigenvalue weighted by Crippen LogP contribution is -2.40. The number of hydrogen-bond donors (Lipinski definition) is 1. The Morgan fingerprint density at radius 3 is 1.09 bits per heavy atom. The topological polar surface area (TPSA) is 108 Å². The second-order valence-corrected chi connectivity index (χ2v) is 20.9. The molecule has 0 aromatic heterocycles. The molecule has 1 N–H and O–H groups in total. The Kier molecular flexibility index (Phi) is 55.8. The molecule has 0 rings (SSSR count). The lowest BCUT2D eigenvalue weighted by atomic mass is 10.1. The van der Waals surface area contributed by atoms with E-state index in [2.05, 4.69) is 184 Å². The number of carbonyl (C=O) groups is 3. The Morgan fingerprint density at radius 2 is 0.713 bits per heavy atom. The van der Waals surface area contributed by atoms with E-state index in [4.69, 9.17) is 18.9 Å². The summed E-state index contributed by atoms with van der Waals surface area (Å²) in [6.07, 6.45) is 87.3. The zero-order chi connectivity index (χ0) is 58.3. The molecule has 0 saturated carbocycles. The van der Waals surface area contributed by atoms with Crippen molar-refractivity contribution in [2.45, 2.75) is 212 Å². The van der Waals surface area contributed by atoms with E-state index in [9.17, 15) is 19.5 Å². The first-order chi connectivity index (χ1) is 39.1. The first kappa shape index (κ1) is 74.7. The van der Waals surface area contributed by atoms with Crippen molar-refractivity contribution in [2.24, 2.45) is 0 Å². The predicted octanol–water partition coefficient (Wildman–Crippen LogP) is 18.7. The largest absolute Gasteiger partial charge is 0.477 e. The molecule has 0 heterocycles. The van der Waals surface area contributed by atoms with Crippen molar-refractivity contribution in [3.05, 3.63) is 170 Å². The number of rotatable bonds is 54. The summed E-state index contributed by atoms with van der Waals surface area (Å²) in [5, 5.41) is 9.70. The number of aliphatic carboxylic acids is 1. The number of carboxylic acids is 1. The van der Waals surface area contributed by atoms with Gasteiger partial charge in [-0.1, -0.05) is 223 Å². The minimum atomic E-state index is -1.54. The predicted molar refractivity (Wildman–Crippen MR) is 340 cm³/mol. The van der Waals surface area contributed by atoms with Crippen molar-refractivity contribution in [3.8, 4) is 0 Å². The molecule has 2 unspecified atom stereocenters. The molecule has 2 atom stereocenters. The van der Waals surface area contributed by atoms with Crippen LogP contribution in [0.25, 0.3) is 0 Å². The lowest BCUT2D eigenvalue weighted by molar-refractivity contribution is -0.870. The highest BCUT2D eigenvalue weighted by atomic mass is 16.7. The van der Waals surface area contributed by atoms with Crippen LogP contribution in [-0.2, 0) is 33.3 Å². The number of hydrogen-bond acceptors (Lipinski definition) is 7. The summed E-state index contributed by atoms with van der Waals surface area (Å²) >= 11 is 0. The minimum Gasteiger partial charge on any atom is -0.477 e. The lowest BCUT2D eigenvalue weighted by Gasteiger charge is -2.25. The van der Waals surface area contributed by atoms with E-state index in [1.807, 2.05) is 21.1 Å². The summed E-state index contributed by atoms with van der Waals surface area (Å²) in [5.74, 6) is -2.11. The molecule has 0 amide bonds. The third-order valence-electron chi connectivity index (χ3n) is 12.2. The van der Waals surface area contributed by atoms with Gasteiger partial charge < -0.3 is 28.5 Å². The Bertz CT molecular complexity index is 1910. The van der Waals surface area contributed by atoms with Crippen LogP contribution in [0.5, 0.6) is 0 Å². The van der Waals surface area contributed by atoms with Crippen LogP contribution >= 0.6 is 0 Å². The van der Waals surface area contributed by atoms with E-state index in [0.717, 1.165) is 128 Å². The maximum absolute atomic E-state index is 12.9. The van der Waals surface area contributed by atoms with Crippen molar-refractivity contribution >= 4 is 17.9 Å². The maximum atomic E-state index is 12.9. The number of carboxylic acid groups (broad SMARTS) is 1. The second kappa shape index (κ2) is 59.8. The van der Waals surface area contributed by atoms with Gasteiger partial charge in [-0.15, -0.1) is 0 Å². The van der Waals surface area contributed by atoms with E-state index >= 15 is 0 Å². The van der Waals surface area contributed by atoms with E-state index in [-0.39, 0.29) is 38.6 Å². The zero-order valence-corrected chi connectivity index (χ0v) is 50.9. The van der Waals surface area contributed by atoms with E-state index in [0.29, 0.717) is 23.9 Å². The highest BCUT2D eigenvalue weighted by Crippen LogP contribution is 2.12. The molecule has 9 heteroatoms. The van der Waals surface area contributed by atoms with Crippen LogP contribution in [0.15, 0.2) is 170 Å². The molecule has 0 bridgehead atoms. The van der Waals surface area contributed by atoms with Crippen LogP contribution in [-0.4, -0.2) is 87.4 Å². The maximum Gasteiger partial charge on any atom is 0.361 e. The standard InChI is InChI=1S/C71H111NO8/c1-6-8-10-12-14-16-18-20-22-24-25-26-27-28-29-30-31-32-33-34-35-36-37-38-39-40-41-42-43-44-45-46-48-50-52-54-56-58-60-62-69(74)80-67(66-79-71(70(75)76)77-64-63-72(3,4)5)65-78-68(73)61-59-57-55-53-51-49-47-23-21-19-17-15-13-11-9-7-2/h8,10,14,16-17,19-20,22-23,25-26,28-29,31-32,34-35,37-38,40-41,43-44,46-48,52,54,67,71H,6-7,9,11-13,15,18,21,24,27,30,33,36,39,42,45,49-51,53,55-66H2,1-5H3/p+1/b10-8-,16-14-,19-17-,22-20-,26-25-,29-28-,32-31-,35-34-,38-37-,41-40-,44-43-,47-23-,48-46-,54-52-. The molecule has 80 heavy (non-hydrogen) atoms. The molecule has 0 aliphatic carbocycles. The molecular weight excluding hydrogens is 995 g/mol. The fourth-order valence-electron chi connectivity index (χ4n) is 7.49. The highest BCUT2D eigenvalue weighted by Gasteiger charge is 2.25. The SMILES string of the molecule is CC/C=C\C/C=C\C/C=C\C/C=C\C/C=C\C/C=C\C/C=C\C/C=C\C/C=C\C/C=C\C/C=C\C/C=C\CCCCC(=O)OC(COC(=O)CCCCCCC/C=C\C/C=C\CCCCCC)COC(OCC[N+](C)(C)C)C(=O)O. The number of unbranched alkanes of at least 4 members (excludes halogenated alkanes) is 11. The zero-order valence-electron chi connectivity index (χ0n) is 50.9. The molecule has 0 aliphatic rings. The van der Waals surface area contributed by atoms with Crippen LogP contribution in [0.1, 0.15) is 200 Å². The Hall–Kier alpha value is -5.35.